The summed E-state index contributed by atoms with van der Waals surface area (Å²) < 4.78 is 10.9. The van der Waals surface area contributed by atoms with E-state index in [1.165, 1.54) is 0 Å². The fourth-order valence-electron chi connectivity index (χ4n) is 3.06. The van der Waals surface area contributed by atoms with Gasteiger partial charge in [-0.2, -0.15) is 0 Å². The molecule has 0 atom stereocenters. The third kappa shape index (κ3) is 3.35. The van der Waals surface area contributed by atoms with E-state index in [-0.39, 0.29) is 0 Å². The topological polar surface area (TPSA) is 24.9 Å². The van der Waals surface area contributed by atoms with Crippen molar-refractivity contribution in [2.24, 2.45) is 0 Å². The Balaban J connectivity index is 1.78. The van der Waals surface area contributed by atoms with Crippen LogP contribution in [0, 0.1) is 0 Å². The van der Waals surface area contributed by atoms with Gasteiger partial charge in [0.25, 0.3) is 0 Å². The zero-order valence-electron chi connectivity index (χ0n) is 13.8. The Morgan fingerprint density at radius 2 is 1.46 bits per heavy atom. The summed E-state index contributed by atoms with van der Waals surface area (Å²) in [6.45, 7) is 3.47. The standard InChI is InChI=1S/C18H20Cl2N2O2/c1-23-17-6-4-3-5-15(17)21-7-9-22(10-8-21)16-12-13(19)11-14(20)18(16)24-2/h3-6,11-12H,7-10H2,1-2H3. The number of rotatable bonds is 4. The number of nitrogens with zero attached hydrogens (tertiary/aromatic N) is 2. The molecule has 0 spiro atoms. The first-order chi connectivity index (χ1) is 11.6. The second-order valence-corrected chi connectivity index (χ2v) is 6.43. The molecular weight excluding hydrogens is 347 g/mol. The van der Waals surface area contributed by atoms with Gasteiger partial charge in [0.05, 0.1) is 30.6 Å². The van der Waals surface area contributed by atoms with E-state index >= 15 is 0 Å². The van der Waals surface area contributed by atoms with E-state index in [0.29, 0.717) is 15.8 Å². The Bertz CT molecular complexity index is 716. The average molecular weight is 367 g/mol. The Kier molecular flexibility index (Phi) is 5.27. The molecule has 0 N–H and O–H groups in total. The lowest BCUT2D eigenvalue weighted by atomic mass is 10.2. The lowest BCUT2D eigenvalue weighted by Gasteiger charge is -2.38. The SMILES string of the molecule is COc1ccccc1N1CCN(c2cc(Cl)cc(Cl)c2OC)CC1. The Morgan fingerprint density at radius 3 is 2.08 bits per heavy atom. The second kappa shape index (κ2) is 7.41. The molecule has 24 heavy (non-hydrogen) atoms. The van der Waals surface area contributed by atoms with Crippen LogP contribution in [-0.2, 0) is 0 Å². The molecule has 2 aromatic carbocycles. The smallest absolute Gasteiger partial charge is 0.160 e. The summed E-state index contributed by atoms with van der Waals surface area (Å²) in [6.07, 6.45) is 0. The first-order valence-corrected chi connectivity index (χ1v) is 8.55. The maximum atomic E-state index is 6.26. The van der Waals surface area contributed by atoms with Crippen molar-refractivity contribution in [3.63, 3.8) is 0 Å². The fraction of sp³-hybridized carbons (Fsp3) is 0.333. The largest absolute Gasteiger partial charge is 0.495 e. The molecule has 0 saturated carbocycles. The van der Waals surface area contributed by atoms with Crippen molar-refractivity contribution in [2.75, 3.05) is 50.2 Å². The van der Waals surface area contributed by atoms with Crippen LogP contribution in [0.3, 0.4) is 0 Å². The van der Waals surface area contributed by atoms with Crippen LogP contribution in [0.25, 0.3) is 0 Å². The molecule has 0 bridgehead atoms. The molecule has 0 aliphatic carbocycles. The molecule has 3 rings (SSSR count). The Hall–Kier alpha value is -1.78. The minimum atomic E-state index is 0.534. The third-order valence-electron chi connectivity index (χ3n) is 4.24. The first-order valence-electron chi connectivity index (χ1n) is 7.80. The normalized spacial score (nSPS) is 14.7. The molecular formula is C18H20Cl2N2O2. The fourth-order valence-corrected chi connectivity index (χ4v) is 3.62. The highest BCUT2D eigenvalue weighted by atomic mass is 35.5. The molecule has 0 unspecified atom stereocenters. The number of anilines is 2. The van der Waals surface area contributed by atoms with Crippen molar-refractivity contribution in [1.29, 1.82) is 0 Å². The second-order valence-electron chi connectivity index (χ2n) is 5.59. The van der Waals surface area contributed by atoms with E-state index in [2.05, 4.69) is 15.9 Å². The van der Waals surface area contributed by atoms with Gasteiger partial charge in [-0.3, -0.25) is 0 Å². The Labute approximate surface area is 152 Å². The quantitative estimate of drug-likeness (QED) is 0.803. The van der Waals surface area contributed by atoms with Gasteiger partial charge in [-0.15, -0.1) is 0 Å². The van der Waals surface area contributed by atoms with Crippen molar-refractivity contribution >= 4 is 34.6 Å². The highest BCUT2D eigenvalue weighted by molar-refractivity contribution is 6.36. The number of ether oxygens (including phenoxy) is 2. The van der Waals surface area contributed by atoms with Crippen LogP contribution < -0.4 is 19.3 Å². The lowest BCUT2D eigenvalue weighted by Crippen LogP contribution is -2.46. The highest BCUT2D eigenvalue weighted by Crippen LogP contribution is 2.39. The van der Waals surface area contributed by atoms with E-state index in [0.717, 1.165) is 43.3 Å². The number of para-hydroxylation sites is 2. The summed E-state index contributed by atoms with van der Waals surface area (Å²) in [6, 6.07) is 11.7. The van der Waals surface area contributed by atoms with Crippen LogP contribution >= 0.6 is 23.2 Å². The number of methoxy groups -OCH3 is 2. The average Bonchev–Trinajstić information content (AvgIpc) is 2.61. The summed E-state index contributed by atoms with van der Waals surface area (Å²) in [7, 11) is 3.33. The molecule has 1 fully saturated rings. The number of piperazine rings is 1. The molecule has 2 aromatic rings. The predicted molar refractivity (Wildman–Crippen MR) is 100 cm³/mol. The van der Waals surface area contributed by atoms with E-state index < -0.39 is 0 Å². The minimum Gasteiger partial charge on any atom is -0.495 e. The van der Waals surface area contributed by atoms with Crippen molar-refractivity contribution in [1.82, 2.24) is 0 Å². The third-order valence-corrected chi connectivity index (χ3v) is 4.74. The summed E-state index contributed by atoms with van der Waals surface area (Å²) in [5, 5.41) is 1.15. The molecule has 1 saturated heterocycles. The summed E-state index contributed by atoms with van der Waals surface area (Å²) >= 11 is 12.4. The van der Waals surface area contributed by atoms with Gasteiger partial charge in [0.1, 0.15) is 5.75 Å². The monoisotopic (exact) mass is 366 g/mol. The van der Waals surface area contributed by atoms with E-state index in [1.54, 1.807) is 20.3 Å². The maximum Gasteiger partial charge on any atom is 0.160 e. The number of halogens is 2. The van der Waals surface area contributed by atoms with Gasteiger partial charge in [0.15, 0.2) is 5.75 Å². The van der Waals surface area contributed by atoms with Gasteiger partial charge in [0, 0.05) is 31.2 Å². The van der Waals surface area contributed by atoms with Crippen molar-refractivity contribution in [3.05, 3.63) is 46.4 Å². The molecule has 1 heterocycles. The number of benzene rings is 2. The highest BCUT2D eigenvalue weighted by Gasteiger charge is 2.23. The molecule has 0 radical (unpaired) electrons. The zero-order chi connectivity index (χ0) is 17.1. The molecule has 128 valence electrons. The van der Waals surface area contributed by atoms with E-state index in [4.69, 9.17) is 32.7 Å². The van der Waals surface area contributed by atoms with E-state index in [9.17, 15) is 0 Å². The van der Waals surface area contributed by atoms with Gasteiger partial charge in [0.2, 0.25) is 0 Å². The number of hydrogen-bond acceptors (Lipinski definition) is 4. The lowest BCUT2D eigenvalue weighted by molar-refractivity contribution is 0.411. The van der Waals surface area contributed by atoms with Crippen molar-refractivity contribution < 1.29 is 9.47 Å². The summed E-state index contributed by atoms with van der Waals surface area (Å²) in [5.41, 5.74) is 2.06. The van der Waals surface area contributed by atoms with Crippen LogP contribution in [0.15, 0.2) is 36.4 Å². The zero-order valence-corrected chi connectivity index (χ0v) is 15.3. The Morgan fingerprint density at radius 1 is 0.833 bits per heavy atom. The molecule has 4 nitrogen and oxygen atoms in total. The van der Waals surface area contributed by atoms with Crippen molar-refractivity contribution in [2.45, 2.75) is 0 Å². The van der Waals surface area contributed by atoms with Crippen LogP contribution in [0.1, 0.15) is 0 Å². The number of hydrogen-bond donors (Lipinski definition) is 0. The molecule has 1 aliphatic heterocycles. The predicted octanol–water partition coefficient (Wildman–Crippen LogP) is 4.34. The molecule has 1 aliphatic rings. The maximum absolute atomic E-state index is 6.26. The minimum absolute atomic E-state index is 0.534. The van der Waals surface area contributed by atoms with Crippen molar-refractivity contribution in [3.8, 4) is 11.5 Å². The summed E-state index contributed by atoms with van der Waals surface area (Å²) in [4.78, 5) is 4.58. The van der Waals surface area contributed by atoms with Gasteiger partial charge in [-0.05, 0) is 24.3 Å². The summed E-state index contributed by atoms with van der Waals surface area (Å²) in [5.74, 6) is 1.57. The van der Waals surface area contributed by atoms with Crippen LogP contribution in [-0.4, -0.2) is 40.4 Å². The molecule has 0 amide bonds. The van der Waals surface area contributed by atoms with Gasteiger partial charge in [-0.1, -0.05) is 35.3 Å². The van der Waals surface area contributed by atoms with Crippen LogP contribution in [0.2, 0.25) is 10.0 Å². The van der Waals surface area contributed by atoms with Gasteiger partial charge in [-0.25, -0.2) is 0 Å². The van der Waals surface area contributed by atoms with Crippen LogP contribution in [0.5, 0.6) is 11.5 Å². The first kappa shape index (κ1) is 17.1. The van der Waals surface area contributed by atoms with Gasteiger partial charge < -0.3 is 19.3 Å². The molecule has 0 aromatic heterocycles. The van der Waals surface area contributed by atoms with Crippen LogP contribution in [0.4, 0.5) is 11.4 Å². The van der Waals surface area contributed by atoms with Gasteiger partial charge >= 0.3 is 0 Å². The van der Waals surface area contributed by atoms with E-state index in [1.807, 2.05) is 24.3 Å². The molecule has 6 heteroatoms.